The number of hydrogen-bond acceptors (Lipinski definition) is 6. The molecule has 0 saturated heterocycles. The maximum Gasteiger partial charge on any atom is 0.264 e. The van der Waals surface area contributed by atoms with Gasteiger partial charge in [-0.25, -0.2) is 13.1 Å². The van der Waals surface area contributed by atoms with Gasteiger partial charge >= 0.3 is 0 Å². The van der Waals surface area contributed by atoms with Crippen LogP contribution in [-0.4, -0.2) is 43.9 Å². The quantitative estimate of drug-likeness (QED) is 0.356. The normalized spacial score (nSPS) is 30.2. The van der Waals surface area contributed by atoms with Crippen molar-refractivity contribution in [1.29, 1.82) is 0 Å². The third kappa shape index (κ3) is 6.97. The fraction of sp³-hybridized carbons (Fsp3) is 0.571. The molecular formula is C35H45ClN2O5S. The molecule has 2 heterocycles. The Morgan fingerprint density at radius 1 is 1.05 bits per heavy atom. The number of benzene rings is 2. The highest BCUT2D eigenvalue weighted by Gasteiger charge is 2.38. The van der Waals surface area contributed by atoms with Gasteiger partial charge < -0.3 is 14.7 Å². The third-order valence-corrected chi connectivity index (χ3v) is 12.7. The van der Waals surface area contributed by atoms with Gasteiger partial charge in [0.2, 0.25) is 10.0 Å². The van der Waals surface area contributed by atoms with E-state index in [0.717, 1.165) is 75.7 Å². The summed E-state index contributed by atoms with van der Waals surface area (Å²) in [6, 6.07) is 11.2. The average Bonchev–Trinajstić information content (AvgIpc) is 2.96. The molecule has 2 aromatic rings. The molecule has 7 nitrogen and oxygen atoms in total. The average molecular weight is 641 g/mol. The Balaban J connectivity index is 1.37. The fourth-order valence-corrected chi connectivity index (χ4v) is 9.32. The molecule has 2 N–H and O–H groups in total. The third-order valence-electron chi connectivity index (χ3n) is 10.5. The molecule has 2 aliphatic carbocycles. The highest BCUT2D eigenvalue weighted by atomic mass is 35.5. The number of rotatable bonds is 2. The summed E-state index contributed by atoms with van der Waals surface area (Å²) in [7, 11) is -3.94. The smallest absolute Gasteiger partial charge is 0.264 e. The first-order valence-electron chi connectivity index (χ1n) is 16.4. The number of nitrogens with zero attached hydrogens (tertiary/aromatic N) is 1. The number of sulfonamides is 1. The van der Waals surface area contributed by atoms with Gasteiger partial charge in [-0.1, -0.05) is 56.0 Å². The maximum atomic E-state index is 13.8. The second-order valence-electron chi connectivity index (χ2n) is 13.5. The Labute approximate surface area is 267 Å². The first-order chi connectivity index (χ1) is 21.2. The van der Waals surface area contributed by atoms with E-state index in [1.165, 1.54) is 5.56 Å². The summed E-state index contributed by atoms with van der Waals surface area (Å²) < 4.78 is 36.4. The monoisotopic (exact) mass is 640 g/mol. The van der Waals surface area contributed by atoms with Crippen LogP contribution in [0.4, 0.5) is 5.69 Å². The number of halogens is 1. The van der Waals surface area contributed by atoms with Crippen LogP contribution in [0.1, 0.15) is 86.2 Å². The first kappa shape index (κ1) is 31.4. The molecule has 6 rings (SSSR count). The number of allylic oxidation sites excluding steroid dienone is 1. The molecule has 1 amide bonds. The van der Waals surface area contributed by atoms with Crippen LogP contribution in [0.25, 0.3) is 0 Å². The van der Waals surface area contributed by atoms with Crippen LogP contribution >= 0.6 is 11.6 Å². The Morgan fingerprint density at radius 3 is 2.64 bits per heavy atom. The van der Waals surface area contributed by atoms with Crippen LogP contribution in [0, 0.1) is 23.7 Å². The minimum absolute atomic E-state index is 0.143. The minimum atomic E-state index is -3.94. The minimum Gasteiger partial charge on any atom is -0.487 e. The molecule has 2 aliphatic heterocycles. The van der Waals surface area contributed by atoms with Crippen molar-refractivity contribution in [3.05, 3.63) is 70.3 Å². The van der Waals surface area contributed by atoms with Crippen LogP contribution in [-0.2, 0) is 23.1 Å². The molecule has 2 saturated carbocycles. The number of carbonyl (C=O) groups excluding carboxylic acids is 1. The maximum absolute atomic E-state index is 13.8. The van der Waals surface area contributed by atoms with Crippen LogP contribution in [0.5, 0.6) is 5.75 Å². The number of hydrogen-bond donors (Lipinski definition) is 2. The summed E-state index contributed by atoms with van der Waals surface area (Å²) in [5.74, 6) is 0.671. The predicted molar refractivity (Wildman–Crippen MR) is 175 cm³/mol. The molecule has 9 heteroatoms. The van der Waals surface area contributed by atoms with E-state index in [-0.39, 0.29) is 11.8 Å². The van der Waals surface area contributed by atoms with E-state index < -0.39 is 27.3 Å². The number of aliphatic hydroxyl groups is 1. The highest BCUT2D eigenvalue weighted by molar-refractivity contribution is 7.90. The second-order valence-corrected chi connectivity index (χ2v) is 15.8. The lowest BCUT2D eigenvalue weighted by Gasteiger charge is -2.42. The lowest BCUT2D eigenvalue weighted by atomic mass is 9.70. The zero-order valence-corrected chi connectivity index (χ0v) is 27.2. The number of carbonyl (C=O) groups is 1. The van der Waals surface area contributed by atoms with Crippen molar-refractivity contribution in [3.8, 4) is 5.75 Å². The Bertz CT molecular complexity index is 1490. The van der Waals surface area contributed by atoms with E-state index in [9.17, 15) is 18.3 Å². The van der Waals surface area contributed by atoms with Crippen LogP contribution in [0.2, 0.25) is 5.02 Å². The molecule has 0 aromatic heterocycles. The molecule has 2 bridgehead atoms. The van der Waals surface area contributed by atoms with Gasteiger partial charge in [0.15, 0.2) is 0 Å². The van der Waals surface area contributed by atoms with Crippen LogP contribution < -0.4 is 14.4 Å². The first-order valence-corrected chi connectivity index (χ1v) is 18.3. The number of aryl methyl sites for hydroxylation is 1. The van der Waals surface area contributed by atoms with E-state index in [1.54, 1.807) is 18.2 Å². The van der Waals surface area contributed by atoms with E-state index in [0.29, 0.717) is 47.6 Å². The number of amides is 1. The van der Waals surface area contributed by atoms with Crippen molar-refractivity contribution in [3.63, 3.8) is 0 Å². The summed E-state index contributed by atoms with van der Waals surface area (Å²) in [5, 5.41) is 11.2. The van der Waals surface area contributed by atoms with E-state index in [1.807, 2.05) is 37.3 Å². The van der Waals surface area contributed by atoms with Gasteiger partial charge in [-0.15, -0.1) is 0 Å². The summed E-state index contributed by atoms with van der Waals surface area (Å²) in [6.45, 7) is 3.79. The number of nitrogens with one attached hydrogen (secondary N) is 1. The lowest BCUT2D eigenvalue weighted by Crippen LogP contribution is -2.44. The van der Waals surface area contributed by atoms with E-state index in [4.69, 9.17) is 16.3 Å². The van der Waals surface area contributed by atoms with Crippen molar-refractivity contribution in [2.45, 2.75) is 89.1 Å². The molecule has 0 spiro atoms. The number of anilines is 1. The predicted octanol–water partition coefficient (Wildman–Crippen LogP) is 6.66. The molecule has 1 unspecified atom stereocenters. The largest absolute Gasteiger partial charge is 0.487 e. The Hall–Kier alpha value is -2.55. The molecule has 2 fully saturated rings. The van der Waals surface area contributed by atoms with Gasteiger partial charge in [0.25, 0.3) is 5.91 Å². The highest BCUT2D eigenvalue weighted by Crippen LogP contribution is 2.41. The summed E-state index contributed by atoms with van der Waals surface area (Å²) >= 11 is 6.33. The van der Waals surface area contributed by atoms with Gasteiger partial charge in [0, 0.05) is 23.7 Å². The fourth-order valence-electron chi connectivity index (χ4n) is 7.35. The molecule has 238 valence electrons. The number of ether oxygens (including phenoxy) is 1. The van der Waals surface area contributed by atoms with Gasteiger partial charge in [-0.2, -0.15) is 0 Å². The Morgan fingerprint density at radius 2 is 1.89 bits per heavy atom. The lowest BCUT2D eigenvalue weighted by molar-refractivity contribution is 0.0461. The molecule has 44 heavy (non-hydrogen) atoms. The topological polar surface area (TPSA) is 95.9 Å². The van der Waals surface area contributed by atoms with Crippen molar-refractivity contribution in [2.24, 2.45) is 23.7 Å². The Kier molecular flexibility index (Phi) is 9.60. The molecule has 2 aromatic carbocycles. The zero-order chi connectivity index (χ0) is 30.8. The SMILES string of the molecule is C[C@@H]1C/C=C/[C@H](O)[C@H]2CC[C@H]2CN2CCCCc3cc(Cl)ccc3COc3ccc(cc32)C(=O)NS(=O)(=O)C1CC1CCC1. The van der Waals surface area contributed by atoms with Crippen LogP contribution in [0.15, 0.2) is 48.6 Å². The second kappa shape index (κ2) is 13.4. The number of aliphatic hydroxyl groups excluding tert-OH is 1. The van der Waals surface area contributed by atoms with Gasteiger partial charge in [0.05, 0.1) is 17.0 Å². The van der Waals surface area contributed by atoms with Crippen molar-refractivity contribution in [1.82, 2.24) is 4.72 Å². The van der Waals surface area contributed by atoms with Crippen LogP contribution in [0.3, 0.4) is 0 Å². The van der Waals surface area contributed by atoms with Crippen molar-refractivity contribution < 1.29 is 23.1 Å². The van der Waals surface area contributed by atoms with E-state index >= 15 is 0 Å². The molecule has 4 aliphatic rings. The van der Waals surface area contributed by atoms with Crippen molar-refractivity contribution in [2.75, 3.05) is 18.0 Å². The van der Waals surface area contributed by atoms with Gasteiger partial charge in [-0.05, 0) is 110 Å². The zero-order valence-electron chi connectivity index (χ0n) is 25.6. The standard InChI is InChI=1S/C35H45ClN2O5S/c1-23-6-4-10-32(39)30-15-12-27(30)21-38-17-3-2-9-25-19-29(36)14-11-28(25)22-43-33-16-13-26(20-31(33)38)35(40)37-44(41,42)34(23)18-24-7-5-8-24/h4,10-11,13-14,16,19-20,23-24,27,30,32,34,39H,2-3,5-9,12,15,17-18,21-22H2,1H3,(H,37,40)/b10-4+/t23-,27+,30+,32+,34?/m1/s1. The molecule has 0 radical (unpaired) electrons. The van der Waals surface area contributed by atoms with Gasteiger partial charge in [0.1, 0.15) is 12.4 Å². The van der Waals surface area contributed by atoms with Crippen molar-refractivity contribution >= 4 is 33.2 Å². The van der Waals surface area contributed by atoms with Gasteiger partial charge in [-0.3, -0.25) is 4.79 Å². The summed E-state index contributed by atoms with van der Waals surface area (Å²) in [6.07, 6.45) is 12.3. The summed E-state index contributed by atoms with van der Waals surface area (Å²) in [4.78, 5) is 15.9. The number of fused-ring (bicyclic) bond motifs is 3. The molecule has 5 atom stereocenters. The molecular weight excluding hydrogens is 596 g/mol. The van der Waals surface area contributed by atoms with E-state index in [2.05, 4.69) is 9.62 Å². The summed E-state index contributed by atoms with van der Waals surface area (Å²) in [5.41, 5.74) is 3.35.